The molecule has 5 heteroatoms. The molecule has 0 N–H and O–H groups in total. The molecule has 1 aliphatic heterocycles. The number of anilines is 1. The number of fused-ring (bicyclic) bond motifs is 1. The third-order valence-electron chi connectivity index (χ3n) is 5.29. The van der Waals surface area contributed by atoms with E-state index < -0.39 is 9.84 Å². The molecule has 140 valence electrons. The highest BCUT2D eigenvalue weighted by molar-refractivity contribution is 7.91. The van der Waals surface area contributed by atoms with E-state index >= 15 is 0 Å². The largest absolute Gasteiger partial charge is 0.370 e. The third kappa shape index (κ3) is 3.32. The fourth-order valence-corrected chi connectivity index (χ4v) is 5.25. The molecule has 27 heavy (non-hydrogen) atoms. The predicted molar refractivity (Wildman–Crippen MR) is 109 cm³/mol. The van der Waals surface area contributed by atoms with Crippen LogP contribution >= 0.6 is 0 Å². The van der Waals surface area contributed by atoms with Gasteiger partial charge in [-0.2, -0.15) is 0 Å². The SMILES string of the molecule is CCc1ccc2ncc(S(=O)(=O)c3ccccc3)c(N3CCCCC3)c2c1. The smallest absolute Gasteiger partial charge is 0.210 e. The first kappa shape index (κ1) is 18.0. The number of nitrogens with zero attached hydrogens (tertiary/aromatic N) is 2. The lowest BCUT2D eigenvalue weighted by Crippen LogP contribution is -2.31. The molecular formula is C22H24N2O2S. The molecule has 0 aliphatic carbocycles. The standard InChI is InChI=1S/C22H24N2O2S/c1-2-17-11-12-20-19(15-17)22(24-13-7-4-8-14-24)21(16-23-20)27(25,26)18-9-5-3-6-10-18/h3,5-6,9-12,15-16H,2,4,7-8,13-14H2,1H3. The molecule has 0 bridgehead atoms. The van der Waals surface area contributed by atoms with Crippen LogP contribution in [0.25, 0.3) is 10.9 Å². The number of aryl methyl sites for hydroxylation is 1. The van der Waals surface area contributed by atoms with Crippen molar-refractivity contribution in [2.75, 3.05) is 18.0 Å². The van der Waals surface area contributed by atoms with Gasteiger partial charge in [-0.15, -0.1) is 0 Å². The van der Waals surface area contributed by atoms with Crippen molar-refractivity contribution in [3.8, 4) is 0 Å². The fraction of sp³-hybridized carbons (Fsp3) is 0.318. The molecule has 3 aromatic rings. The highest BCUT2D eigenvalue weighted by Gasteiger charge is 2.27. The van der Waals surface area contributed by atoms with Crippen LogP contribution in [0, 0.1) is 0 Å². The monoisotopic (exact) mass is 380 g/mol. The second-order valence-corrected chi connectivity index (χ2v) is 8.96. The van der Waals surface area contributed by atoms with Gasteiger partial charge in [-0.25, -0.2) is 8.42 Å². The molecule has 1 aliphatic rings. The van der Waals surface area contributed by atoms with Gasteiger partial charge < -0.3 is 4.90 Å². The molecule has 0 amide bonds. The summed E-state index contributed by atoms with van der Waals surface area (Å²) >= 11 is 0. The Morgan fingerprint density at radius 3 is 2.44 bits per heavy atom. The van der Waals surface area contributed by atoms with Crippen molar-refractivity contribution >= 4 is 26.4 Å². The van der Waals surface area contributed by atoms with Gasteiger partial charge in [0.25, 0.3) is 0 Å². The van der Waals surface area contributed by atoms with Gasteiger partial charge in [0.2, 0.25) is 9.84 Å². The summed E-state index contributed by atoms with van der Waals surface area (Å²) < 4.78 is 26.9. The number of aromatic nitrogens is 1. The first-order chi connectivity index (χ1) is 13.1. The molecule has 0 radical (unpaired) electrons. The van der Waals surface area contributed by atoms with Gasteiger partial charge in [0, 0.05) is 24.7 Å². The lowest BCUT2D eigenvalue weighted by Gasteiger charge is -2.31. The van der Waals surface area contributed by atoms with Crippen molar-refractivity contribution in [3.05, 3.63) is 60.3 Å². The van der Waals surface area contributed by atoms with Crippen molar-refractivity contribution in [3.63, 3.8) is 0 Å². The second-order valence-electron chi connectivity index (χ2n) is 7.04. The van der Waals surface area contributed by atoms with Crippen LogP contribution in [-0.2, 0) is 16.3 Å². The van der Waals surface area contributed by atoms with Gasteiger partial charge in [-0.1, -0.05) is 31.2 Å². The van der Waals surface area contributed by atoms with E-state index in [1.54, 1.807) is 30.5 Å². The number of piperidine rings is 1. The molecule has 0 atom stereocenters. The summed E-state index contributed by atoms with van der Waals surface area (Å²) in [6.07, 6.45) is 5.82. The van der Waals surface area contributed by atoms with Crippen molar-refractivity contribution in [1.82, 2.24) is 4.98 Å². The molecule has 2 heterocycles. The summed E-state index contributed by atoms with van der Waals surface area (Å²) in [5.41, 5.74) is 2.86. The highest BCUT2D eigenvalue weighted by Crippen LogP contribution is 2.37. The maximum absolute atomic E-state index is 13.4. The Bertz CT molecular complexity index is 1060. The molecule has 4 nitrogen and oxygen atoms in total. The number of hydrogen-bond acceptors (Lipinski definition) is 4. The molecule has 1 fully saturated rings. The highest BCUT2D eigenvalue weighted by atomic mass is 32.2. The predicted octanol–water partition coefficient (Wildman–Crippen LogP) is 4.62. The lowest BCUT2D eigenvalue weighted by atomic mass is 10.0. The van der Waals surface area contributed by atoms with Gasteiger partial charge in [0.1, 0.15) is 4.90 Å². The molecule has 0 spiro atoms. The maximum Gasteiger partial charge on any atom is 0.210 e. The fourth-order valence-electron chi connectivity index (χ4n) is 3.79. The average Bonchev–Trinajstić information content (AvgIpc) is 2.73. The van der Waals surface area contributed by atoms with Crippen LogP contribution in [0.15, 0.2) is 64.5 Å². The Labute approximate surface area is 160 Å². The number of benzene rings is 2. The molecular weight excluding hydrogens is 356 g/mol. The van der Waals surface area contributed by atoms with E-state index in [1.807, 2.05) is 12.1 Å². The van der Waals surface area contributed by atoms with Crippen LogP contribution in [0.5, 0.6) is 0 Å². The quantitative estimate of drug-likeness (QED) is 0.663. The maximum atomic E-state index is 13.4. The summed E-state index contributed by atoms with van der Waals surface area (Å²) in [5, 5.41) is 0.938. The van der Waals surface area contributed by atoms with Gasteiger partial charge in [0.05, 0.1) is 16.1 Å². The van der Waals surface area contributed by atoms with E-state index in [0.29, 0.717) is 9.79 Å². The summed E-state index contributed by atoms with van der Waals surface area (Å²) in [6.45, 7) is 3.87. The molecule has 1 aromatic heterocycles. The van der Waals surface area contributed by atoms with Crippen LogP contribution in [0.4, 0.5) is 5.69 Å². The Morgan fingerprint density at radius 2 is 1.74 bits per heavy atom. The second kappa shape index (κ2) is 7.31. The zero-order valence-electron chi connectivity index (χ0n) is 15.6. The topological polar surface area (TPSA) is 50.3 Å². The summed E-state index contributed by atoms with van der Waals surface area (Å²) in [6, 6.07) is 14.8. The Hall–Kier alpha value is -2.40. The van der Waals surface area contributed by atoms with Crippen LogP contribution in [0.1, 0.15) is 31.7 Å². The van der Waals surface area contributed by atoms with Gasteiger partial charge in [-0.05, 0) is 55.5 Å². The van der Waals surface area contributed by atoms with E-state index in [4.69, 9.17) is 0 Å². The van der Waals surface area contributed by atoms with E-state index in [0.717, 1.165) is 48.9 Å². The van der Waals surface area contributed by atoms with Crippen molar-refractivity contribution in [2.24, 2.45) is 0 Å². The van der Waals surface area contributed by atoms with Crippen LogP contribution in [-0.4, -0.2) is 26.5 Å². The zero-order chi connectivity index (χ0) is 18.9. The summed E-state index contributed by atoms with van der Waals surface area (Å²) in [5.74, 6) is 0. The Balaban J connectivity index is 1.99. The Kier molecular flexibility index (Phi) is 4.87. The normalized spacial score (nSPS) is 15.2. The third-order valence-corrected chi connectivity index (χ3v) is 7.06. The first-order valence-electron chi connectivity index (χ1n) is 9.58. The van der Waals surface area contributed by atoms with E-state index in [1.165, 1.54) is 12.0 Å². The molecule has 2 aromatic carbocycles. The minimum absolute atomic E-state index is 0.316. The molecule has 0 saturated carbocycles. The number of hydrogen-bond donors (Lipinski definition) is 0. The van der Waals surface area contributed by atoms with Crippen molar-refractivity contribution < 1.29 is 8.42 Å². The first-order valence-corrected chi connectivity index (χ1v) is 11.1. The minimum atomic E-state index is -3.63. The molecule has 0 unspecified atom stereocenters. The average molecular weight is 381 g/mol. The van der Waals surface area contributed by atoms with Crippen molar-refractivity contribution in [2.45, 2.75) is 42.4 Å². The number of rotatable bonds is 4. The van der Waals surface area contributed by atoms with Crippen LogP contribution in [0.3, 0.4) is 0 Å². The van der Waals surface area contributed by atoms with E-state index in [9.17, 15) is 8.42 Å². The van der Waals surface area contributed by atoms with E-state index in [-0.39, 0.29) is 0 Å². The van der Waals surface area contributed by atoms with Crippen LogP contribution in [0.2, 0.25) is 0 Å². The lowest BCUT2D eigenvalue weighted by molar-refractivity contribution is 0.571. The minimum Gasteiger partial charge on any atom is -0.370 e. The van der Waals surface area contributed by atoms with Crippen molar-refractivity contribution in [1.29, 1.82) is 0 Å². The Morgan fingerprint density at radius 1 is 1.00 bits per heavy atom. The van der Waals surface area contributed by atoms with Gasteiger partial charge in [-0.3, -0.25) is 4.98 Å². The summed E-state index contributed by atoms with van der Waals surface area (Å²) in [4.78, 5) is 7.37. The summed E-state index contributed by atoms with van der Waals surface area (Å²) in [7, 11) is -3.63. The van der Waals surface area contributed by atoms with Gasteiger partial charge in [0.15, 0.2) is 0 Å². The van der Waals surface area contributed by atoms with E-state index in [2.05, 4.69) is 28.9 Å². The van der Waals surface area contributed by atoms with Gasteiger partial charge >= 0.3 is 0 Å². The number of pyridine rings is 1. The molecule has 1 saturated heterocycles. The number of sulfone groups is 1. The van der Waals surface area contributed by atoms with Crippen LogP contribution < -0.4 is 4.90 Å². The zero-order valence-corrected chi connectivity index (χ0v) is 16.4. The molecule has 4 rings (SSSR count).